The van der Waals surface area contributed by atoms with Crippen molar-refractivity contribution in [1.29, 1.82) is 0 Å². The first-order chi connectivity index (χ1) is 12.2. The summed E-state index contributed by atoms with van der Waals surface area (Å²) in [7, 11) is 0. The molecule has 1 aromatic carbocycles. The Morgan fingerprint density at radius 1 is 1.00 bits per heavy atom. The number of nitrogens with one attached hydrogen (secondary N) is 1. The minimum atomic E-state index is -0.960. The summed E-state index contributed by atoms with van der Waals surface area (Å²) in [5, 5.41) is 2.76. The number of rotatable bonds is 7. The molecule has 0 radical (unpaired) electrons. The number of hydrogen-bond donors (Lipinski definition) is 1. The smallest absolute Gasteiger partial charge is 0.334 e. The number of likely N-dealkylation sites (N-methyl/N-ethyl adjacent to an activating group) is 1. The van der Waals surface area contributed by atoms with Gasteiger partial charge in [0.15, 0.2) is 0 Å². The number of nitrogens with zero attached hydrogens (tertiary/aromatic N) is 2. The Morgan fingerprint density at radius 3 is 2.08 bits per heavy atom. The summed E-state index contributed by atoms with van der Waals surface area (Å²) >= 11 is 0. The van der Waals surface area contributed by atoms with Crippen molar-refractivity contribution in [3.05, 3.63) is 35.4 Å². The van der Waals surface area contributed by atoms with Crippen molar-refractivity contribution in [2.45, 2.75) is 40.2 Å². The normalized spacial score (nSPS) is 15.8. The number of imide groups is 2. The topological polar surface area (TPSA) is 86.8 Å². The summed E-state index contributed by atoms with van der Waals surface area (Å²) in [6, 6.07) is 6.95. The Morgan fingerprint density at radius 2 is 1.58 bits per heavy atom. The maximum atomic E-state index is 12.2. The zero-order valence-electron chi connectivity index (χ0n) is 15.6. The van der Waals surface area contributed by atoms with E-state index in [1.807, 2.05) is 31.2 Å². The molecule has 0 bridgehead atoms. The lowest BCUT2D eigenvalue weighted by Crippen LogP contribution is -2.42. The van der Waals surface area contributed by atoms with E-state index in [0.29, 0.717) is 10.8 Å². The van der Waals surface area contributed by atoms with Crippen LogP contribution in [0.5, 0.6) is 0 Å². The highest BCUT2D eigenvalue weighted by Gasteiger charge is 2.44. The highest BCUT2D eigenvalue weighted by molar-refractivity contribution is 6.45. The molecule has 1 fully saturated rings. The molecule has 140 valence electrons. The van der Waals surface area contributed by atoms with Gasteiger partial charge >= 0.3 is 17.8 Å². The molecule has 7 heteroatoms. The fourth-order valence-corrected chi connectivity index (χ4v) is 2.90. The van der Waals surface area contributed by atoms with Crippen LogP contribution in [-0.2, 0) is 20.8 Å². The molecule has 7 nitrogen and oxygen atoms in total. The molecule has 0 unspecified atom stereocenters. The second kappa shape index (κ2) is 8.12. The molecule has 26 heavy (non-hydrogen) atoms. The molecule has 1 saturated heterocycles. The van der Waals surface area contributed by atoms with E-state index in [0.717, 1.165) is 16.9 Å². The molecule has 0 saturated carbocycles. The fourth-order valence-electron chi connectivity index (χ4n) is 2.90. The van der Waals surface area contributed by atoms with E-state index in [4.69, 9.17) is 0 Å². The van der Waals surface area contributed by atoms with Crippen LogP contribution in [0.4, 0.5) is 4.79 Å². The van der Waals surface area contributed by atoms with Gasteiger partial charge < -0.3 is 5.32 Å². The van der Waals surface area contributed by atoms with E-state index < -0.39 is 30.3 Å². The van der Waals surface area contributed by atoms with Gasteiger partial charge in [-0.05, 0) is 37.3 Å². The molecule has 1 aliphatic heterocycles. The number of carbonyl (C=O) groups is 4. The van der Waals surface area contributed by atoms with E-state index in [2.05, 4.69) is 19.2 Å². The van der Waals surface area contributed by atoms with Gasteiger partial charge in [-0.3, -0.25) is 19.3 Å². The predicted octanol–water partition coefficient (Wildman–Crippen LogP) is 1.87. The zero-order chi connectivity index (χ0) is 19.4. The molecule has 1 heterocycles. The van der Waals surface area contributed by atoms with Gasteiger partial charge in [0.25, 0.3) is 0 Å². The van der Waals surface area contributed by atoms with Crippen LogP contribution in [0.15, 0.2) is 24.3 Å². The number of amides is 5. The van der Waals surface area contributed by atoms with Crippen LogP contribution >= 0.6 is 0 Å². The van der Waals surface area contributed by atoms with Crippen molar-refractivity contribution in [3.8, 4) is 0 Å². The third kappa shape index (κ3) is 4.28. The molecule has 1 atom stereocenters. The van der Waals surface area contributed by atoms with Crippen LogP contribution in [0, 0.1) is 5.92 Å². The number of benzene rings is 1. The standard InChI is InChI=1S/C19H25N3O4/c1-5-21-17(24)18(25)22(19(21)26)11-16(23)20-13(4)15-8-6-14(7-9-15)10-12(2)3/h6-9,12-13H,5,10-11H2,1-4H3,(H,20,23)/t13-/m0/s1. The van der Waals surface area contributed by atoms with Gasteiger partial charge in [0.2, 0.25) is 5.91 Å². The van der Waals surface area contributed by atoms with E-state index >= 15 is 0 Å². The average molecular weight is 359 g/mol. The highest BCUT2D eigenvalue weighted by Crippen LogP contribution is 2.16. The maximum absolute atomic E-state index is 12.2. The zero-order valence-corrected chi connectivity index (χ0v) is 15.6. The lowest BCUT2D eigenvalue weighted by molar-refractivity contribution is -0.144. The third-order valence-electron chi connectivity index (χ3n) is 4.25. The Kier molecular flexibility index (Phi) is 6.13. The van der Waals surface area contributed by atoms with Crippen molar-refractivity contribution in [3.63, 3.8) is 0 Å². The number of hydrogen-bond acceptors (Lipinski definition) is 4. The average Bonchev–Trinajstić information content (AvgIpc) is 2.78. The Hall–Kier alpha value is -2.70. The molecule has 2 rings (SSSR count). The summed E-state index contributed by atoms with van der Waals surface area (Å²) in [6.45, 7) is 7.37. The van der Waals surface area contributed by atoms with Crippen molar-refractivity contribution in [2.24, 2.45) is 5.92 Å². The molecule has 1 N–H and O–H groups in total. The van der Waals surface area contributed by atoms with Crippen LogP contribution in [0.3, 0.4) is 0 Å². The Balaban J connectivity index is 1.96. The quantitative estimate of drug-likeness (QED) is 0.595. The van der Waals surface area contributed by atoms with Crippen molar-refractivity contribution < 1.29 is 19.2 Å². The van der Waals surface area contributed by atoms with Crippen molar-refractivity contribution in [2.75, 3.05) is 13.1 Å². The first kappa shape index (κ1) is 19.6. The molecule has 0 spiro atoms. The highest BCUT2D eigenvalue weighted by atomic mass is 16.2. The SMILES string of the molecule is CCN1C(=O)C(=O)N(CC(=O)N[C@@H](C)c2ccc(CC(C)C)cc2)C1=O. The minimum absolute atomic E-state index is 0.0979. The Bertz CT molecular complexity index is 712. The van der Waals surface area contributed by atoms with Gasteiger partial charge in [-0.2, -0.15) is 0 Å². The van der Waals surface area contributed by atoms with Crippen LogP contribution in [0.1, 0.15) is 44.9 Å². The van der Waals surface area contributed by atoms with E-state index in [1.165, 1.54) is 5.56 Å². The summed E-state index contributed by atoms with van der Waals surface area (Å²) in [5.74, 6) is -1.77. The van der Waals surface area contributed by atoms with Crippen LogP contribution < -0.4 is 5.32 Å². The van der Waals surface area contributed by atoms with Gasteiger partial charge in [-0.1, -0.05) is 38.1 Å². The van der Waals surface area contributed by atoms with Gasteiger partial charge in [0, 0.05) is 6.54 Å². The van der Waals surface area contributed by atoms with Crippen molar-refractivity contribution >= 4 is 23.8 Å². The monoisotopic (exact) mass is 359 g/mol. The van der Waals surface area contributed by atoms with Gasteiger partial charge in [-0.15, -0.1) is 0 Å². The Labute approximate surface area is 153 Å². The molecule has 1 aromatic rings. The lowest BCUT2D eigenvalue weighted by atomic mass is 10.00. The third-order valence-corrected chi connectivity index (χ3v) is 4.25. The molecular formula is C19H25N3O4. The second-order valence-electron chi connectivity index (χ2n) is 6.85. The second-order valence-corrected chi connectivity index (χ2v) is 6.85. The van der Waals surface area contributed by atoms with E-state index in [-0.39, 0.29) is 12.6 Å². The molecule has 0 aliphatic carbocycles. The largest absolute Gasteiger partial charge is 0.348 e. The molecule has 0 aromatic heterocycles. The molecule has 1 aliphatic rings. The summed E-state index contributed by atoms with van der Waals surface area (Å²) in [4.78, 5) is 49.2. The van der Waals surface area contributed by atoms with E-state index in [9.17, 15) is 19.2 Å². The van der Waals surface area contributed by atoms with Gasteiger partial charge in [0.1, 0.15) is 6.54 Å². The van der Waals surface area contributed by atoms with Crippen LogP contribution in [0.25, 0.3) is 0 Å². The summed E-state index contributed by atoms with van der Waals surface area (Å²) < 4.78 is 0. The molecule has 5 amide bonds. The lowest BCUT2D eigenvalue weighted by Gasteiger charge is -2.18. The van der Waals surface area contributed by atoms with E-state index in [1.54, 1.807) is 6.92 Å². The first-order valence-corrected chi connectivity index (χ1v) is 8.80. The van der Waals surface area contributed by atoms with Gasteiger partial charge in [-0.25, -0.2) is 9.69 Å². The fraction of sp³-hybridized carbons (Fsp3) is 0.474. The van der Waals surface area contributed by atoms with Crippen molar-refractivity contribution in [1.82, 2.24) is 15.1 Å². The number of urea groups is 1. The van der Waals surface area contributed by atoms with Crippen LogP contribution in [0.2, 0.25) is 0 Å². The molecular weight excluding hydrogens is 334 g/mol. The first-order valence-electron chi connectivity index (χ1n) is 8.80. The predicted molar refractivity (Wildman–Crippen MR) is 96.0 cm³/mol. The minimum Gasteiger partial charge on any atom is -0.348 e. The maximum Gasteiger partial charge on any atom is 0.334 e. The van der Waals surface area contributed by atoms with Crippen LogP contribution in [-0.4, -0.2) is 46.6 Å². The van der Waals surface area contributed by atoms with Gasteiger partial charge in [0.05, 0.1) is 6.04 Å². The summed E-state index contributed by atoms with van der Waals surface area (Å²) in [6.07, 6.45) is 0.988. The summed E-state index contributed by atoms with van der Waals surface area (Å²) in [5.41, 5.74) is 2.16. The number of carbonyl (C=O) groups excluding carboxylic acids is 4.